The summed E-state index contributed by atoms with van der Waals surface area (Å²) in [6.07, 6.45) is 2.74. The van der Waals surface area contributed by atoms with Gasteiger partial charge in [0.15, 0.2) is 0 Å². The quantitative estimate of drug-likeness (QED) is 0.859. The lowest BCUT2D eigenvalue weighted by Crippen LogP contribution is -2.29. The van der Waals surface area contributed by atoms with Gasteiger partial charge in [-0.05, 0) is 26.7 Å². The molecule has 1 amide bonds. The first-order chi connectivity index (χ1) is 8.66. The zero-order valence-corrected chi connectivity index (χ0v) is 10.9. The SMILES string of the molecule is Cc1nnc(NCCC(=O)N2CCCC2)nc1C. The van der Waals surface area contributed by atoms with Crippen LogP contribution in [0.4, 0.5) is 5.95 Å². The first kappa shape index (κ1) is 12.7. The molecule has 0 spiro atoms. The highest BCUT2D eigenvalue weighted by molar-refractivity contribution is 5.76. The normalized spacial score (nSPS) is 14.9. The number of rotatable bonds is 4. The van der Waals surface area contributed by atoms with Gasteiger partial charge in [-0.25, -0.2) is 4.98 Å². The van der Waals surface area contributed by atoms with Crippen LogP contribution in [-0.2, 0) is 4.79 Å². The Morgan fingerprint density at radius 3 is 2.61 bits per heavy atom. The minimum absolute atomic E-state index is 0.205. The van der Waals surface area contributed by atoms with Crippen molar-refractivity contribution in [3.63, 3.8) is 0 Å². The maximum atomic E-state index is 11.8. The van der Waals surface area contributed by atoms with E-state index in [2.05, 4.69) is 20.5 Å². The van der Waals surface area contributed by atoms with Crippen molar-refractivity contribution in [3.8, 4) is 0 Å². The predicted octanol–water partition coefficient (Wildman–Crippen LogP) is 0.913. The van der Waals surface area contributed by atoms with Crippen LogP contribution in [0.2, 0.25) is 0 Å². The van der Waals surface area contributed by atoms with E-state index < -0.39 is 0 Å². The van der Waals surface area contributed by atoms with E-state index in [0.29, 0.717) is 18.9 Å². The van der Waals surface area contributed by atoms with Crippen molar-refractivity contribution >= 4 is 11.9 Å². The number of carbonyl (C=O) groups is 1. The zero-order chi connectivity index (χ0) is 13.0. The lowest BCUT2D eigenvalue weighted by atomic mass is 10.3. The summed E-state index contributed by atoms with van der Waals surface area (Å²) in [6.45, 7) is 6.13. The van der Waals surface area contributed by atoms with Crippen molar-refractivity contribution in [2.45, 2.75) is 33.1 Å². The van der Waals surface area contributed by atoms with Crippen LogP contribution in [0.5, 0.6) is 0 Å². The lowest BCUT2D eigenvalue weighted by molar-refractivity contribution is -0.129. The monoisotopic (exact) mass is 249 g/mol. The molecule has 1 aromatic rings. The number of carbonyl (C=O) groups excluding carboxylic acids is 1. The van der Waals surface area contributed by atoms with Gasteiger partial charge in [0.05, 0.1) is 11.4 Å². The molecule has 0 saturated carbocycles. The molecule has 2 heterocycles. The molecule has 0 unspecified atom stereocenters. The Hall–Kier alpha value is -1.72. The minimum atomic E-state index is 0.205. The molecule has 0 atom stereocenters. The number of aromatic nitrogens is 3. The van der Waals surface area contributed by atoms with Gasteiger partial charge in [0.25, 0.3) is 0 Å². The highest BCUT2D eigenvalue weighted by Crippen LogP contribution is 2.09. The van der Waals surface area contributed by atoms with Crippen LogP contribution >= 0.6 is 0 Å². The number of hydrogen-bond donors (Lipinski definition) is 1. The van der Waals surface area contributed by atoms with Crippen LogP contribution in [-0.4, -0.2) is 45.6 Å². The third-order valence-corrected chi connectivity index (χ3v) is 3.17. The average Bonchev–Trinajstić information content (AvgIpc) is 2.87. The molecule has 0 bridgehead atoms. The second kappa shape index (κ2) is 5.75. The average molecular weight is 249 g/mol. The van der Waals surface area contributed by atoms with Gasteiger partial charge >= 0.3 is 0 Å². The molecule has 1 saturated heterocycles. The summed E-state index contributed by atoms with van der Waals surface area (Å²) in [5.41, 5.74) is 1.69. The van der Waals surface area contributed by atoms with Crippen molar-refractivity contribution in [1.82, 2.24) is 20.1 Å². The van der Waals surface area contributed by atoms with E-state index in [1.165, 1.54) is 0 Å². The molecule has 1 aromatic heterocycles. The van der Waals surface area contributed by atoms with Crippen LogP contribution in [0.1, 0.15) is 30.7 Å². The highest BCUT2D eigenvalue weighted by atomic mass is 16.2. The van der Waals surface area contributed by atoms with Crippen molar-refractivity contribution in [2.75, 3.05) is 25.0 Å². The van der Waals surface area contributed by atoms with E-state index in [0.717, 1.165) is 37.3 Å². The van der Waals surface area contributed by atoms with Crippen LogP contribution in [0.25, 0.3) is 0 Å². The van der Waals surface area contributed by atoms with Crippen LogP contribution in [0.3, 0.4) is 0 Å². The Balaban J connectivity index is 1.77. The van der Waals surface area contributed by atoms with E-state index in [9.17, 15) is 4.79 Å². The smallest absolute Gasteiger partial charge is 0.242 e. The van der Waals surface area contributed by atoms with Gasteiger partial charge in [0.1, 0.15) is 0 Å². The lowest BCUT2D eigenvalue weighted by Gasteiger charge is -2.15. The molecule has 0 aliphatic carbocycles. The summed E-state index contributed by atoms with van der Waals surface area (Å²) in [7, 11) is 0. The summed E-state index contributed by atoms with van der Waals surface area (Å²) in [5.74, 6) is 0.698. The Kier molecular flexibility index (Phi) is 4.07. The van der Waals surface area contributed by atoms with E-state index in [1.807, 2.05) is 18.7 Å². The Labute approximate surface area is 107 Å². The summed E-state index contributed by atoms with van der Waals surface area (Å²) < 4.78 is 0. The number of amides is 1. The largest absolute Gasteiger partial charge is 0.352 e. The number of hydrogen-bond acceptors (Lipinski definition) is 5. The first-order valence-electron chi connectivity index (χ1n) is 6.36. The molecular formula is C12H19N5O. The topological polar surface area (TPSA) is 71.0 Å². The maximum absolute atomic E-state index is 11.8. The standard InChI is InChI=1S/C12H19N5O/c1-9-10(2)15-16-12(14-9)13-6-5-11(18)17-7-3-4-8-17/h3-8H2,1-2H3,(H,13,14,16). The number of nitrogens with one attached hydrogen (secondary N) is 1. The van der Waals surface area contributed by atoms with Crippen molar-refractivity contribution in [3.05, 3.63) is 11.4 Å². The van der Waals surface area contributed by atoms with E-state index in [1.54, 1.807) is 0 Å². The van der Waals surface area contributed by atoms with Gasteiger partial charge in [-0.3, -0.25) is 4.79 Å². The summed E-state index contributed by atoms with van der Waals surface area (Å²) in [6, 6.07) is 0. The second-order valence-corrected chi connectivity index (χ2v) is 4.57. The Morgan fingerprint density at radius 1 is 1.22 bits per heavy atom. The fourth-order valence-electron chi connectivity index (χ4n) is 1.94. The minimum Gasteiger partial charge on any atom is -0.352 e. The number of anilines is 1. The predicted molar refractivity (Wildman–Crippen MR) is 68.2 cm³/mol. The molecule has 1 N–H and O–H groups in total. The molecule has 1 aliphatic rings. The van der Waals surface area contributed by atoms with E-state index in [-0.39, 0.29) is 5.91 Å². The Morgan fingerprint density at radius 2 is 1.94 bits per heavy atom. The number of nitrogens with zero attached hydrogens (tertiary/aromatic N) is 4. The molecule has 2 rings (SSSR count). The van der Waals surface area contributed by atoms with Crippen molar-refractivity contribution in [2.24, 2.45) is 0 Å². The van der Waals surface area contributed by atoms with Gasteiger partial charge < -0.3 is 10.2 Å². The fraction of sp³-hybridized carbons (Fsp3) is 0.667. The van der Waals surface area contributed by atoms with E-state index >= 15 is 0 Å². The molecule has 0 aromatic carbocycles. The first-order valence-corrected chi connectivity index (χ1v) is 6.36. The summed E-state index contributed by atoms with van der Waals surface area (Å²) >= 11 is 0. The van der Waals surface area contributed by atoms with Crippen molar-refractivity contribution < 1.29 is 4.79 Å². The van der Waals surface area contributed by atoms with Crippen molar-refractivity contribution in [1.29, 1.82) is 0 Å². The molecule has 1 aliphatic heterocycles. The molecule has 1 fully saturated rings. The fourth-order valence-corrected chi connectivity index (χ4v) is 1.94. The van der Waals surface area contributed by atoms with Gasteiger partial charge in [0.2, 0.25) is 11.9 Å². The molecule has 98 valence electrons. The molecule has 6 heteroatoms. The number of aryl methyl sites for hydroxylation is 2. The van der Waals surface area contributed by atoms with Gasteiger partial charge in [-0.1, -0.05) is 0 Å². The summed E-state index contributed by atoms with van der Waals surface area (Å²) in [4.78, 5) is 18.0. The van der Waals surface area contributed by atoms with Gasteiger partial charge in [-0.15, -0.1) is 5.10 Å². The Bertz CT molecular complexity index is 428. The summed E-state index contributed by atoms with van der Waals surface area (Å²) in [5, 5.41) is 11.0. The van der Waals surface area contributed by atoms with Crippen LogP contribution in [0.15, 0.2) is 0 Å². The highest BCUT2D eigenvalue weighted by Gasteiger charge is 2.17. The second-order valence-electron chi connectivity index (χ2n) is 4.57. The zero-order valence-electron chi connectivity index (χ0n) is 10.9. The van der Waals surface area contributed by atoms with E-state index in [4.69, 9.17) is 0 Å². The molecule has 0 radical (unpaired) electrons. The maximum Gasteiger partial charge on any atom is 0.242 e. The molecular weight excluding hydrogens is 230 g/mol. The van der Waals surface area contributed by atoms with Crippen LogP contribution in [0, 0.1) is 13.8 Å². The van der Waals surface area contributed by atoms with Gasteiger partial charge in [-0.2, -0.15) is 5.10 Å². The molecule has 18 heavy (non-hydrogen) atoms. The number of likely N-dealkylation sites (tertiary alicyclic amines) is 1. The molecule has 6 nitrogen and oxygen atoms in total. The van der Waals surface area contributed by atoms with Gasteiger partial charge in [0, 0.05) is 26.1 Å². The van der Waals surface area contributed by atoms with Crippen LogP contribution < -0.4 is 5.32 Å². The third-order valence-electron chi connectivity index (χ3n) is 3.17. The third kappa shape index (κ3) is 3.15.